The monoisotopic (exact) mass is 347 g/mol. The van der Waals surface area contributed by atoms with Gasteiger partial charge in [0.2, 0.25) is 0 Å². The van der Waals surface area contributed by atoms with E-state index in [1.807, 2.05) is 38.1 Å². The summed E-state index contributed by atoms with van der Waals surface area (Å²) in [5.41, 5.74) is 0.0914. The van der Waals surface area contributed by atoms with Crippen LogP contribution in [-0.2, 0) is 14.3 Å². The molecule has 3 rings (SSSR count). The summed E-state index contributed by atoms with van der Waals surface area (Å²) in [7, 11) is 0. The lowest BCUT2D eigenvalue weighted by molar-refractivity contribution is -0.157. The molecule has 6 nitrogen and oxygen atoms in total. The number of aliphatic carboxylic acids is 1. The molecule has 25 heavy (non-hydrogen) atoms. The lowest BCUT2D eigenvalue weighted by Crippen LogP contribution is -2.46. The zero-order valence-electron chi connectivity index (χ0n) is 14.7. The van der Waals surface area contributed by atoms with Crippen LogP contribution in [0.3, 0.4) is 0 Å². The van der Waals surface area contributed by atoms with Crippen LogP contribution in [0.2, 0.25) is 0 Å². The minimum atomic E-state index is -0.880. The summed E-state index contributed by atoms with van der Waals surface area (Å²) >= 11 is 0. The van der Waals surface area contributed by atoms with Crippen LogP contribution in [0.4, 0.5) is 0 Å². The molecule has 0 bridgehead atoms. The van der Waals surface area contributed by atoms with Crippen molar-refractivity contribution in [3.05, 3.63) is 29.8 Å². The molecule has 0 aromatic heterocycles. The fourth-order valence-electron chi connectivity index (χ4n) is 3.82. The molecule has 0 aliphatic carbocycles. The standard InChI is InChI=1S/C19H25NO5/c1-3-15(25-16-7-5-4-6-13(16)2)17(21)20-10-14-11-24-9-8-19(14,12-20)18(22)23/h4-7,14-15H,3,8-12H2,1-2H3,(H,22,23)/t14-,15?,19+/m0/s1. The predicted octanol–water partition coefficient (Wildman–Crippen LogP) is 2.10. The molecule has 6 heteroatoms. The zero-order valence-corrected chi connectivity index (χ0v) is 14.7. The van der Waals surface area contributed by atoms with Gasteiger partial charge in [0, 0.05) is 25.6 Å². The van der Waals surface area contributed by atoms with Crippen LogP contribution in [0.5, 0.6) is 5.75 Å². The number of benzene rings is 1. The van der Waals surface area contributed by atoms with Gasteiger partial charge in [-0.05, 0) is 31.4 Å². The van der Waals surface area contributed by atoms with Gasteiger partial charge in [0.1, 0.15) is 5.75 Å². The number of hydrogen-bond acceptors (Lipinski definition) is 4. The van der Waals surface area contributed by atoms with Gasteiger partial charge in [-0.1, -0.05) is 25.1 Å². The highest BCUT2D eigenvalue weighted by Crippen LogP contribution is 2.42. The van der Waals surface area contributed by atoms with Gasteiger partial charge in [0.05, 0.1) is 12.0 Å². The van der Waals surface area contributed by atoms with Crippen molar-refractivity contribution >= 4 is 11.9 Å². The Bertz CT molecular complexity index is 661. The van der Waals surface area contributed by atoms with Gasteiger partial charge >= 0.3 is 5.97 Å². The molecule has 2 saturated heterocycles. The Hall–Kier alpha value is -2.08. The van der Waals surface area contributed by atoms with E-state index < -0.39 is 17.5 Å². The number of rotatable bonds is 5. The first-order chi connectivity index (χ1) is 12.0. The number of aryl methyl sites for hydroxylation is 1. The first-order valence-corrected chi connectivity index (χ1v) is 8.80. The number of carboxylic acid groups (broad SMARTS) is 1. The van der Waals surface area contributed by atoms with Crippen LogP contribution in [-0.4, -0.2) is 54.3 Å². The molecule has 2 aliphatic rings. The maximum atomic E-state index is 13.0. The second-order valence-corrected chi connectivity index (χ2v) is 6.98. The first-order valence-electron chi connectivity index (χ1n) is 8.80. The largest absolute Gasteiger partial charge is 0.481 e. The van der Waals surface area contributed by atoms with E-state index in [2.05, 4.69) is 0 Å². The Morgan fingerprint density at radius 1 is 1.44 bits per heavy atom. The van der Waals surface area contributed by atoms with Crippen LogP contribution in [0.1, 0.15) is 25.3 Å². The second kappa shape index (κ2) is 7.04. The van der Waals surface area contributed by atoms with Gasteiger partial charge in [0.25, 0.3) is 5.91 Å². The molecule has 0 saturated carbocycles. The number of carbonyl (C=O) groups excluding carboxylic acids is 1. The number of para-hydroxylation sites is 1. The number of fused-ring (bicyclic) bond motifs is 1. The third-order valence-electron chi connectivity index (χ3n) is 5.45. The first kappa shape index (κ1) is 17.7. The molecule has 1 aromatic carbocycles. The summed E-state index contributed by atoms with van der Waals surface area (Å²) in [6.45, 7) is 5.32. The Balaban J connectivity index is 1.75. The molecule has 1 amide bonds. The third kappa shape index (κ3) is 3.23. The zero-order chi connectivity index (χ0) is 18.0. The van der Waals surface area contributed by atoms with Crippen molar-refractivity contribution < 1.29 is 24.2 Å². The van der Waals surface area contributed by atoms with Crippen LogP contribution in [0.15, 0.2) is 24.3 Å². The number of ether oxygens (including phenoxy) is 2. The van der Waals surface area contributed by atoms with E-state index in [0.29, 0.717) is 38.3 Å². The van der Waals surface area contributed by atoms with Crippen molar-refractivity contribution in [2.45, 2.75) is 32.8 Å². The Kier molecular flexibility index (Phi) is 4.99. The Labute approximate surface area is 147 Å². The maximum absolute atomic E-state index is 13.0. The molecular formula is C19H25NO5. The second-order valence-electron chi connectivity index (χ2n) is 6.98. The molecule has 0 spiro atoms. The fraction of sp³-hybridized carbons (Fsp3) is 0.579. The molecule has 0 radical (unpaired) electrons. The van der Waals surface area contributed by atoms with Gasteiger partial charge < -0.3 is 19.5 Å². The van der Waals surface area contributed by atoms with Gasteiger partial charge in [0.15, 0.2) is 6.10 Å². The number of nitrogens with zero attached hydrogens (tertiary/aromatic N) is 1. The molecule has 136 valence electrons. The van der Waals surface area contributed by atoms with E-state index >= 15 is 0 Å². The van der Waals surface area contributed by atoms with Crippen molar-refractivity contribution in [1.29, 1.82) is 0 Å². The fourth-order valence-corrected chi connectivity index (χ4v) is 3.82. The van der Waals surface area contributed by atoms with E-state index in [1.54, 1.807) is 4.90 Å². The molecule has 3 atom stereocenters. The summed E-state index contributed by atoms with van der Waals surface area (Å²) in [5.74, 6) is -0.431. The molecule has 2 aliphatic heterocycles. The van der Waals surface area contributed by atoms with Crippen molar-refractivity contribution in [3.8, 4) is 5.75 Å². The van der Waals surface area contributed by atoms with Crippen LogP contribution in [0, 0.1) is 18.3 Å². The smallest absolute Gasteiger partial charge is 0.311 e. The summed E-state index contributed by atoms with van der Waals surface area (Å²) < 4.78 is 11.4. The Morgan fingerprint density at radius 2 is 2.20 bits per heavy atom. The predicted molar refractivity (Wildman–Crippen MR) is 91.5 cm³/mol. The van der Waals surface area contributed by atoms with E-state index in [4.69, 9.17) is 9.47 Å². The molecular weight excluding hydrogens is 322 g/mol. The van der Waals surface area contributed by atoms with Gasteiger partial charge in [-0.25, -0.2) is 0 Å². The normalized spacial score (nSPS) is 26.8. The number of carbonyl (C=O) groups is 2. The average Bonchev–Trinajstić information content (AvgIpc) is 3.01. The summed E-state index contributed by atoms with van der Waals surface area (Å²) in [6, 6.07) is 7.59. The van der Waals surface area contributed by atoms with Crippen LogP contribution in [0.25, 0.3) is 0 Å². The van der Waals surface area contributed by atoms with Gasteiger partial charge in [-0.15, -0.1) is 0 Å². The molecule has 2 heterocycles. The van der Waals surface area contributed by atoms with Crippen molar-refractivity contribution in [2.75, 3.05) is 26.3 Å². The SMILES string of the molecule is CCC(Oc1ccccc1C)C(=O)N1C[C@H]2COCC[C@@]2(C(=O)O)C1. The van der Waals surface area contributed by atoms with Crippen LogP contribution < -0.4 is 4.74 Å². The maximum Gasteiger partial charge on any atom is 0.311 e. The van der Waals surface area contributed by atoms with Crippen molar-refractivity contribution in [1.82, 2.24) is 4.90 Å². The van der Waals surface area contributed by atoms with E-state index in [1.165, 1.54) is 0 Å². The van der Waals surface area contributed by atoms with Crippen molar-refractivity contribution in [3.63, 3.8) is 0 Å². The van der Waals surface area contributed by atoms with Crippen LogP contribution >= 0.6 is 0 Å². The number of hydrogen-bond donors (Lipinski definition) is 1. The number of carboxylic acids is 1. The highest BCUT2D eigenvalue weighted by atomic mass is 16.5. The Morgan fingerprint density at radius 3 is 2.84 bits per heavy atom. The van der Waals surface area contributed by atoms with E-state index in [-0.39, 0.29) is 18.4 Å². The lowest BCUT2D eigenvalue weighted by atomic mass is 9.74. The molecule has 1 unspecified atom stereocenters. The topological polar surface area (TPSA) is 76.1 Å². The highest BCUT2D eigenvalue weighted by molar-refractivity contribution is 5.84. The molecule has 2 fully saturated rings. The minimum absolute atomic E-state index is 0.138. The minimum Gasteiger partial charge on any atom is -0.481 e. The van der Waals surface area contributed by atoms with Gasteiger partial charge in [-0.3, -0.25) is 9.59 Å². The quantitative estimate of drug-likeness (QED) is 0.883. The van der Waals surface area contributed by atoms with E-state index in [9.17, 15) is 14.7 Å². The highest BCUT2D eigenvalue weighted by Gasteiger charge is 2.55. The lowest BCUT2D eigenvalue weighted by Gasteiger charge is -2.33. The van der Waals surface area contributed by atoms with Crippen molar-refractivity contribution in [2.24, 2.45) is 11.3 Å². The molecule has 1 aromatic rings. The summed E-state index contributed by atoms with van der Waals surface area (Å²) in [5, 5.41) is 9.74. The third-order valence-corrected chi connectivity index (χ3v) is 5.45. The molecule has 1 N–H and O–H groups in total. The number of likely N-dealkylation sites (tertiary alicyclic amines) is 1. The average molecular weight is 347 g/mol. The summed E-state index contributed by atoms with van der Waals surface area (Å²) in [4.78, 5) is 26.5. The summed E-state index contributed by atoms with van der Waals surface area (Å²) in [6.07, 6.45) is 0.380. The van der Waals surface area contributed by atoms with Gasteiger partial charge in [-0.2, -0.15) is 0 Å². The van der Waals surface area contributed by atoms with E-state index in [0.717, 1.165) is 5.56 Å². The number of amides is 1.